The third kappa shape index (κ3) is 6.44. The lowest BCUT2D eigenvalue weighted by Crippen LogP contribution is -2.39. The lowest BCUT2D eigenvalue weighted by atomic mass is 10.0. The van der Waals surface area contributed by atoms with Crippen molar-refractivity contribution in [3.8, 4) is 0 Å². The fourth-order valence-corrected chi connectivity index (χ4v) is 2.74. The highest BCUT2D eigenvalue weighted by Crippen LogP contribution is 2.19. The highest BCUT2D eigenvalue weighted by Gasteiger charge is 2.15. The number of thioether (sulfide) groups is 1. The van der Waals surface area contributed by atoms with Gasteiger partial charge in [0.25, 0.3) is 0 Å². The summed E-state index contributed by atoms with van der Waals surface area (Å²) in [6, 6.07) is 8.40. The van der Waals surface area contributed by atoms with Gasteiger partial charge in [-0.3, -0.25) is 4.79 Å². The predicted molar refractivity (Wildman–Crippen MR) is 85.0 cm³/mol. The van der Waals surface area contributed by atoms with Gasteiger partial charge in [-0.15, -0.1) is 11.8 Å². The van der Waals surface area contributed by atoms with Crippen LogP contribution in [0.2, 0.25) is 0 Å². The Labute approximate surface area is 126 Å². The predicted octanol–water partition coefficient (Wildman–Crippen LogP) is 3.00. The van der Waals surface area contributed by atoms with Crippen molar-refractivity contribution in [2.45, 2.75) is 44.6 Å². The van der Waals surface area contributed by atoms with Crippen LogP contribution in [0.1, 0.15) is 32.3 Å². The number of carbonyl (C=O) groups excluding carboxylic acids is 1. The van der Waals surface area contributed by atoms with Crippen LogP contribution >= 0.6 is 11.8 Å². The molecule has 1 aromatic rings. The van der Waals surface area contributed by atoms with Gasteiger partial charge in [0.15, 0.2) is 0 Å². The maximum atomic E-state index is 11.9. The van der Waals surface area contributed by atoms with Crippen LogP contribution in [0, 0.1) is 12.8 Å². The maximum Gasteiger partial charge on any atom is 0.221 e. The van der Waals surface area contributed by atoms with E-state index in [-0.39, 0.29) is 18.6 Å². The van der Waals surface area contributed by atoms with Crippen molar-refractivity contribution in [1.82, 2.24) is 5.32 Å². The molecule has 0 bridgehead atoms. The van der Waals surface area contributed by atoms with Gasteiger partial charge in [0.05, 0.1) is 0 Å². The number of carbonyl (C=O) groups is 1. The highest BCUT2D eigenvalue weighted by atomic mass is 32.2. The third-order valence-electron chi connectivity index (χ3n) is 3.21. The topological polar surface area (TPSA) is 49.3 Å². The fraction of sp³-hybridized carbons (Fsp3) is 0.562. The van der Waals surface area contributed by atoms with E-state index in [1.54, 1.807) is 11.8 Å². The zero-order valence-corrected chi connectivity index (χ0v) is 13.4. The number of nitrogens with one attached hydrogen (secondary N) is 1. The molecule has 0 aliphatic carbocycles. The average molecular weight is 295 g/mol. The van der Waals surface area contributed by atoms with E-state index in [0.29, 0.717) is 18.8 Å². The summed E-state index contributed by atoms with van der Waals surface area (Å²) in [6.45, 7) is 6.29. The Hall–Kier alpha value is -1.00. The highest BCUT2D eigenvalue weighted by molar-refractivity contribution is 7.99. The molecule has 1 unspecified atom stereocenters. The zero-order valence-electron chi connectivity index (χ0n) is 12.6. The molecule has 3 nitrogen and oxygen atoms in total. The van der Waals surface area contributed by atoms with Crippen LogP contribution in [-0.2, 0) is 4.79 Å². The number of amides is 1. The number of aryl methyl sites for hydroxylation is 1. The minimum absolute atomic E-state index is 0.0664. The Morgan fingerprint density at radius 1 is 1.30 bits per heavy atom. The fourth-order valence-electron chi connectivity index (χ4n) is 1.89. The van der Waals surface area contributed by atoms with E-state index in [2.05, 4.69) is 50.4 Å². The standard InChI is InChI=1S/C16H25NO2S/c1-12(2)15(8-10-18)17-16(19)9-11-20-14-6-4-13(3)5-7-14/h4-7,12,15,18H,8-11H2,1-3H3,(H,17,19). The Morgan fingerprint density at radius 2 is 1.95 bits per heavy atom. The van der Waals surface area contributed by atoms with E-state index in [9.17, 15) is 4.79 Å². The summed E-state index contributed by atoms with van der Waals surface area (Å²) < 4.78 is 0. The molecule has 0 fully saturated rings. The van der Waals surface area contributed by atoms with Crippen molar-refractivity contribution in [2.24, 2.45) is 5.92 Å². The van der Waals surface area contributed by atoms with Crippen LogP contribution in [-0.4, -0.2) is 29.4 Å². The molecule has 2 N–H and O–H groups in total. The lowest BCUT2D eigenvalue weighted by molar-refractivity contribution is -0.121. The van der Waals surface area contributed by atoms with E-state index in [0.717, 1.165) is 5.75 Å². The normalized spacial score (nSPS) is 12.4. The van der Waals surface area contributed by atoms with Gasteiger partial charge in [-0.1, -0.05) is 31.5 Å². The molecular weight excluding hydrogens is 270 g/mol. The third-order valence-corrected chi connectivity index (χ3v) is 4.22. The Kier molecular flexibility index (Phi) is 7.70. The molecule has 0 saturated carbocycles. The average Bonchev–Trinajstić information content (AvgIpc) is 2.40. The van der Waals surface area contributed by atoms with E-state index in [1.807, 2.05) is 0 Å². The summed E-state index contributed by atoms with van der Waals surface area (Å²) in [7, 11) is 0. The molecule has 0 aliphatic heterocycles. The number of rotatable bonds is 8. The molecule has 1 atom stereocenters. The second kappa shape index (κ2) is 9.03. The summed E-state index contributed by atoms with van der Waals surface area (Å²) in [5.74, 6) is 1.19. The number of aliphatic hydroxyl groups is 1. The molecule has 0 spiro atoms. The monoisotopic (exact) mass is 295 g/mol. The van der Waals surface area contributed by atoms with Crippen molar-refractivity contribution < 1.29 is 9.90 Å². The Balaban J connectivity index is 2.30. The SMILES string of the molecule is Cc1ccc(SCCC(=O)NC(CCO)C(C)C)cc1. The van der Waals surface area contributed by atoms with Crippen LogP contribution < -0.4 is 5.32 Å². The Bertz CT molecular complexity index is 403. The second-order valence-corrected chi connectivity index (χ2v) is 6.51. The molecule has 112 valence electrons. The van der Waals surface area contributed by atoms with Crippen LogP contribution in [0.3, 0.4) is 0 Å². The van der Waals surface area contributed by atoms with Crippen molar-refractivity contribution >= 4 is 17.7 Å². The van der Waals surface area contributed by atoms with Gasteiger partial charge < -0.3 is 10.4 Å². The second-order valence-electron chi connectivity index (χ2n) is 5.34. The maximum absolute atomic E-state index is 11.9. The summed E-state index contributed by atoms with van der Waals surface area (Å²) in [5, 5.41) is 12.0. The number of hydrogen-bond acceptors (Lipinski definition) is 3. The van der Waals surface area contributed by atoms with E-state index >= 15 is 0 Å². The molecule has 0 saturated heterocycles. The molecule has 0 heterocycles. The molecule has 1 aromatic carbocycles. The molecule has 20 heavy (non-hydrogen) atoms. The molecule has 4 heteroatoms. The zero-order chi connectivity index (χ0) is 15.0. The van der Waals surface area contributed by atoms with Gasteiger partial charge in [0, 0.05) is 29.7 Å². The quantitative estimate of drug-likeness (QED) is 0.725. The summed E-state index contributed by atoms with van der Waals surface area (Å²) in [5.41, 5.74) is 1.25. The summed E-state index contributed by atoms with van der Waals surface area (Å²) in [4.78, 5) is 13.1. The first-order valence-corrected chi connectivity index (χ1v) is 8.11. The minimum Gasteiger partial charge on any atom is -0.396 e. The van der Waals surface area contributed by atoms with Crippen molar-refractivity contribution in [1.29, 1.82) is 0 Å². The van der Waals surface area contributed by atoms with Crippen molar-refractivity contribution in [3.63, 3.8) is 0 Å². The van der Waals surface area contributed by atoms with E-state index < -0.39 is 0 Å². The van der Waals surface area contributed by atoms with Crippen LogP contribution in [0.15, 0.2) is 29.2 Å². The van der Waals surface area contributed by atoms with Crippen LogP contribution in [0.25, 0.3) is 0 Å². The lowest BCUT2D eigenvalue weighted by Gasteiger charge is -2.21. The molecule has 0 aliphatic rings. The minimum atomic E-state index is 0.0664. The molecule has 1 amide bonds. The largest absolute Gasteiger partial charge is 0.396 e. The van der Waals surface area contributed by atoms with Gasteiger partial charge in [0.1, 0.15) is 0 Å². The van der Waals surface area contributed by atoms with Crippen molar-refractivity contribution in [3.05, 3.63) is 29.8 Å². The van der Waals surface area contributed by atoms with Gasteiger partial charge in [0.2, 0.25) is 5.91 Å². The summed E-state index contributed by atoms with van der Waals surface area (Å²) in [6.07, 6.45) is 1.13. The number of hydrogen-bond donors (Lipinski definition) is 2. The van der Waals surface area contributed by atoms with Crippen molar-refractivity contribution in [2.75, 3.05) is 12.4 Å². The van der Waals surface area contributed by atoms with Crippen LogP contribution in [0.5, 0.6) is 0 Å². The number of aliphatic hydroxyl groups excluding tert-OH is 1. The first-order valence-electron chi connectivity index (χ1n) is 7.12. The van der Waals surface area contributed by atoms with Gasteiger partial charge in [-0.05, 0) is 31.4 Å². The number of benzene rings is 1. The first kappa shape index (κ1) is 17.1. The molecule has 0 aromatic heterocycles. The van der Waals surface area contributed by atoms with Gasteiger partial charge in [-0.2, -0.15) is 0 Å². The van der Waals surface area contributed by atoms with E-state index in [4.69, 9.17) is 5.11 Å². The van der Waals surface area contributed by atoms with Gasteiger partial charge >= 0.3 is 0 Å². The molecule has 1 rings (SSSR count). The molecule has 0 radical (unpaired) electrons. The summed E-state index contributed by atoms with van der Waals surface area (Å²) >= 11 is 1.70. The van der Waals surface area contributed by atoms with E-state index in [1.165, 1.54) is 10.5 Å². The first-order chi connectivity index (χ1) is 9.52. The molecular formula is C16H25NO2S. The Morgan fingerprint density at radius 3 is 2.50 bits per heavy atom. The van der Waals surface area contributed by atoms with Gasteiger partial charge in [-0.25, -0.2) is 0 Å². The smallest absolute Gasteiger partial charge is 0.221 e. The van der Waals surface area contributed by atoms with Crippen LogP contribution in [0.4, 0.5) is 0 Å².